The molecule has 0 fully saturated rings. The van der Waals surface area contributed by atoms with Gasteiger partial charge in [-0.3, -0.25) is 9.59 Å². The minimum atomic E-state index is -0.600. The summed E-state index contributed by atoms with van der Waals surface area (Å²) in [5.74, 6) is 2.65. The van der Waals surface area contributed by atoms with E-state index in [0.717, 1.165) is 44.1 Å². The fourth-order valence-corrected chi connectivity index (χ4v) is 7.29. The molecule has 60 heavy (non-hydrogen) atoms. The molecule has 0 saturated carbocycles. The topological polar surface area (TPSA) is 179 Å². The summed E-state index contributed by atoms with van der Waals surface area (Å²) in [6, 6.07) is 22.4. The number of ether oxygens (including phenoxy) is 5. The van der Waals surface area contributed by atoms with Crippen LogP contribution in [0, 0.1) is 0 Å². The van der Waals surface area contributed by atoms with E-state index in [1.165, 1.54) is 0 Å². The summed E-state index contributed by atoms with van der Waals surface area (Å²) in [6.45, 7) is 4.82. The van der Waals surface area contributed by atoms with Gasteiger partial charge >= 0.3 is 11.9 Å². The molecule has 0 aliphatic heterocycles. The molecule has 4 heterocycles. The molecule has 4 aromatic carbocycles. The van der Waals surface area contributed by atoms with Crippen molar-refractivity contribution in [2.75, 3.05) is 27.4 Å². The molecule has 4 aromatic heterocycles. The van der Waals surface area contributed by atoms with Gasteiger partial charge in [0.1, 0.15) is 0 Å². The Labute approximate surface area is 344 Å². The highest BCUT2D eigenvalue weighted by atomic mass is 16.6. The van der Waals surface area contributed by atoms with Gasteiger partial charge in [-0.15, -0.1) is 0 Å². The van der Waals surface area contributed by atoms with Crippen LogP contribution >= 0.6 is 0 Å². The van der Waals surface area contributed by atoms with E-state index < -0.39 is 11.9 Å². The molecular weight excluding hydrogens is 769 g/mol. The number of para-hydroxylation sites is 2. The Morgan fingerprint density at radius 3 is 1.93 bits per heavy atom. The third-order valence-electron chi connectivity index (χ3n) is 10.1. The van der Waals surface area contributed by atoms with Crippen LogP contribution in [0.25, 0.3) is 67.5 Å². The van der Waals surface area contributed by atoms with E-state index in [0.29, 0.717) is 83.6 Å². The molecule has 0 amide bonds. The maximum absolute atomic E-state index is 12.9. The zero-order chi connectivity index (χ0) is 41.8. The number of esters is 2. The van der Waals surface area contributed by atoms with Crippen molar-refractivity contribution in [3.63, 3.8) is 0 Å². The van der Waals surface area contributed by atoms with Gasteiger partial charge in [0.15, 0.2) is 23.0 Å². The van der Waals surface area contributed by atoms with Crippen molar-refractivity contribution in [2.45, 2.75) is 39.5 Å². The normalized spacial score (nSPS) is 11.3. The van der Waals surface area contributed by atoms with E-state index in [1.807, 2.05) is 98.5 Å². The second-order valence-corrected chi connectivity index (χ2v) is 13.8. The van der Waals surface area contributed by atoms with Crippen molar-refractivity contribution >= 4 is 33.7 Å². The van der Waals surface area contributed by atoms with Crippen molar-refractivity contribution in [3.8, 4) is 68.7 Å². The number of carbonyl (C=O) groups excluding carboxylic acids is 2. The summed E-state index contributed by atoms with van der Waals surface area (Å²) in [5.41, 5.74) is 6.35. The van der Waals surface area contributed by atoms with Crippen LogP contribution in [0.15, 0.2) is 94.2 Å². The number of H-pyrrole nitrogens is 1. The van der Waals surface area contributed by atoms with Crippen LogP contribution in [0.5, 0.6) is 23.0 Å². The van der Waals surface area contributed by atoms with Crippen LogP contribution in [0.3, 0.4) is 0 Å². The second kappa shape index (κ2) is 17.2. The van der Waals surface area contributed by atoms with Crippen LogP contribution in [-0.4, -0.2) is 69.2 Å². The first-order valence-electron chi connectivity index (χ1n) is 19.5. The van der Waals surface area contributed by atoms with E-state index >= 15 is 0 Å². The van der Waals surface area contributed by atoms with Crippen molar-refractivity contribution < 1.29 is 42.3 Å². The number of aryl methyl sites for hydroxylation is 3. The molecule has 8 aromatic rings. The SMILES string of the molecule is CCOc1ccc(-c2nc(-c3cccc4c(CCC(=O)OC(=O)CCc5c[nH]c6c(-c7noc(-c8ccc(OC)c(OC)c8)n7)cccc56)cn(C)c34)no2)cc1OCC. The van der Waals surface area contributed by atoms with Crippen LogP contribution in [-0.2, 0) is 34.2 Å². The zero-order valence-corrected chi connectivity index (χ0v) is 33.7. The van der Waals surface area contributed by atoms with Crippen molar-refractivity contribution in [3.05, 3.63) is 96.3 Å². The van der Waals surface area contributed by atoms with E-state index in [9.17, 15) is 9.59 Å². The van der Waals surface area contributed by atoms with Crippen LogP contribution in [0.2, 0.25) is 0 Å². The van der Waals surface area contributed by atoms with Crippen molar-refractivity contribution in [1.82, 2.24) is 29.8 Å². The predicted octanol–water partition coefficient (Wildman–Crippen LogP) is 8.54. The standard InChI is InChI=1S/C45H42N6O9/c1-6-56-35-19-15-27(23-37(35)57-7-2)45-48-43(50-60-45)33-13-9-11-31-29(25-51(3)41(31)33)17-21-39(53)58-38(52)20-16-28-24-46-40-30(28)10-8-12-32(40)42-47-44(59-49-42)26-14-18-34(54-4)36(22-26)55-5/h8-15,18-19,22-25,46H,6-7,16-17,20-21H2,1-5H3. The molecule has 15 nitrogen and oxygen atoms in total. The lowest BCUT2D eigenvalue weighted by atomic mass is 10.0. The molecule has 15 heteroatoms. The maximum Gasteiger partial charge on any atom is 0.313 e. The fourth-order valence-electron chi connectivity index (χ4n) is 7.29. The Kier molecular flexibility index (Phi) is 11.3. The lowest BCUT2D eigenvalue weighted by Gasteiger charge is -2.11. The first-order valence-corrected chi connectivity index (χ1v) is 19.5. The lowest BCUT2D eigenvalue weighted by molar-refractivity contribution is -0.159. The summed E-state index contributed by atoms with van der Waals surface area (Å²) in [4.78, 5) is 38.4. The first kappa shape index (κ1) is 39.4. The number of rotatable bonds is 16. The molecule has 1 N–H and O–H groups in total. The molecule has 0 unspecified atom stereocenters. The van der Waals surface area contributed by atoms with Gasteiger partial charge in [-0.1, -0.05) is 34.6 Å². The number of aromatic amines is 1. The average molecular weight is 811 g/mol. The summed E-state index contributed by atoms with van der Waals surface area (Å²) >= 11 is 0. The largest absolute Gasteiger partial charge is 0.493 e. The van der Waals surface area contributed by atoms with Gasteiger partial charge in [0.2, 0.25) is 11.6 Å². The van der Waals surface area contributed by atoms with Gasteiger partial charge in [0.25, 0.3) is 11.8 Å². The molecule has 8 rings (SSSR count). The Balaban J connectivity index is 0.896. The molecule has 0 bridgehead atoms. The van der Waals surface area contributed by atoms with Gasteiger partial charge in [-0.05, 0) is 86.3 Å². The molecule has 0 saturated heterocycles. The van der Waals surface area contributed by atoms with Crippen LogP contribution in [0.4, 0.5) is 0 Å². The smallest absolute Gasteiger partial charge is 0.313 e. The van der Waals surface area contributed by atoms with Crippen LogP contribution in [0.1, 0.15) is 37.8 Å². The molecule has 0 atom stereocenters. The molecule has 0 aliphatic carbocycles. The highest BCUT2D eigenvalue weighted by Crippen LogP contribution is 2.36. The number of nitrogens with zero attached hydrogens (tertiary/aromatic N) is 5. The third-order valence-corrected chi connectivity index (χ3v) is 10.1. The molecule has 0 spiro atoms. The minimum absolute atomic E-state index is 0.0164. The Hall–Kier alpha value is -7.42. The van der Waals surface area contributed by atoms with Crippen molar-refractivity contribution in [2.24, 2.45) is 7.05 Å². The molecule has 0 radical (unpaired) electrons. The van der Waals surface area contributed by atoms with Gasteiger partial charge in [0.05, 0.1) is 51.3 Å². The number of methoxy groups -OCH3 is 2. The van der Waals surface area contributed by atoms with Gasteiger partial charge < -0.3 is 42.3 Å². The highest BCUT2D eigenvalue weighted by Gasteiger charge is 2.21. The Morgan fingerprint density at radius 2 is 1.27 bits per heavy atom. The monoisotopic (exact) mass is 810 g/mol. The van der Waals surface area contributed by atoms with Gasteiger partial charge in [-0.2, -0.15) is 9.97 Å². The number of benzene rings is 4. The van der Waals surface area contributed by atoms with Crippen molar-refractivity contribution in [1.29, 1.82) is 0 Å². The van der Waals surface area contributed by atoms with E-state index in [2.05, 4.69) is 20.3 Å². The lowest BCUT2D eigenvalue weighted by Crippen LogP contribution is -2.13. The Bertz CT molecular complexity index is 2830. The van der Waals surface area contributed by atoms with Gasteiger partial charge in [0, 0.05) is 52.5 Å². The zero-order valence-electron chi connectivity index (χ0n) is 33.7. The molecular formula is C45H42N6O9. The van der Waals surface area contributed by atoms with Crippen LogP contribution < -0.4 is 18.9 Å². The second-order valence-electron chi connectivity index (χ2n) is 13.8. The quantitative estimate of drug-likeness (QED) is 0.0726. The first-order chi connectivity index (χ1) is 29.3. The van der Waals surface area contributed by atoms with E-state index in [1.54, 1.807) is 26.4 Å². The summed E-state index contributed by atoms with van der Waals surface area (Å²) in [5, 5.41) is 10.3. The number of nitrogens with one attached hydrogen (secondary N) is 1. The van der Waals surface area contributed by atoms with Gasteiger partial charge in [-0.25, -0.2) is 0 Å². The fraction of sp³-hybridized carbons (Fsp3) is 0.244. The van der Waals surface area contributed by atoms with E-state index in [4.69, 9.17) is 37.7 Å². The third kappa shape index (κ3) is 7.88. The maximum atomic E-state index is 12.9. The average Bonchev–Trinajstić information content (AvgIpc) is 4.09. The predicted molar refractivity (Wildman–Crippen MR) is 222 cm³/mol. The summed E-state index contributed by atoms with van der Waals surface area (Å²) < 4.78 is 40.7. The highest BCUT2D eigenvalue weighted by molar-refractivity contribution is 5.96. The number of carbonyl (C=O) groups is 2. The number of aromatic nitrogens is 6. The number of fused-ring (bicyclic) bond motifs is 2. The summed E-state index contributed by atoms with van der Waals surface area (Å²) in [6.07, 6.45) is 4.56. The number of hydrogen-bond acceptors (Lipinski definition) is 13. The summed E-state index contributed by atoms with van der Waals surface area (Å²) in [7, 11) is 5.05. The molecule has 0 aliphatic rings. The Morgan fingerprint density at radius 1 is 0.683 bits per heavy atom. The minimum Gasteiger partial charge on any atom is -0.493 e. The molecule has 306 valence electrons. The number of hydrogen-bond donors (Lipinski definition) is 1. The van der Waals surface area contributed by atoms with E-state index in [-0.39, 0.29) is 12.8 Å².